The van der Waals surface area contributed by atoms with Crippen LogP contribution >= 0.6 is 11.6 Å². The number of piperidine rings is 1. The zero-order valence-corrected chi connectivity index (χ0v) is 13.0. The molecule has 1 aromatic carbocycles. The van der Waals surface area contributed by atoms with Crippen molar-refractivity contribution in [2.45, 2.75) is 39.7 Å². The van der Waals surface area contributed by atoms with Gasteiger partial charge >= 0.3 is 5.97 Å². The van der Waals surface area contributed by atoms with Gasteiger partial charge in [0, 0.05) is 11.6 Å². The Kier molecular flexibility index (Phi) is 5.44. The van der Waals surface area contributed by atoms with E-state index >= 15 is 0 Å². The minimum Gasteiger partial charge on any atom is -0.462 e. The minimum atomic E-state index is -0.304. The predicted octanol–water partition coefficient (Wildman–Crippen LogP) is 3.81. The van der Waals surface area contributed by atoms with Gasteiger partial charge in [0.1, 0.15) is 0 Å². The molecule has 1 saturated heterocycles. The van der Waals surface area contributed by atoms with Crippen LogP contribution < -0.4 is 0 Å². The molecule has 1 aliphatic heterocycles. The molecule has 0 radical (unpaired) electrons. The number of aryl methyl sites for hydroxylation is 1. The standard InChI is InChI=1S/C16H22ClNO2/c1-3-20-16(19)13-9-12(2)14(15(17)10-13)11-18-7-5-4-6-8-18/h9-10H,3-8,11H2,1-2H3. The molecule has 1 heterocycles. The van der Waals surface area contributed by atoms with Gasteiger partial charge in [-0.1, -0.05) is 18.0 Å². The first-order valence-electron chi connectivity index (χ1n) is 7.30. The second-order valence-electron chi connectivity index (χ2n) is 5.31. The summed E-state index contributed by atoms with van der Waals surface area (Å²) in [7, 11) is 0. The molecule has 20 heavy (non-hydrogen) atoms. The molecule has 0 unspecified atom stereocenters. The molecular formula is C16H22ClNO2. The third-order valence-electron chi connectivity index (χ3n) is 3.76. The van der Waals surface area contributed by atoms with Crippen molar-refractivity contribution in [2.24, 2.45) is 0 Å². The first kappa shape index (κ1) is 15.3. The van der Waals surface area contributed by atoms with Gasteiger partial charge in [-0.25, -0.2) is 4.79 Å². The van der Waals surface area contributed by atoms with Crippen LogP contribution in [0.3, 0.4) is 0 Å². The molecule has 0 atom stereocenters. The fourth-order valence-electron chi connectivity index (χ4n) is 2.65. The van der Waals surface area contributed by atoms with E-state index < -0.39 is 0 Å². The molecule has 0 amide bonds. The van der Waals surface area contributed by atoms with Crippen LogP contribution in [0.2, 0.25) is 5.02 Å². The maximum absolute atomic E-state index is 11.8. The van der Waals surface area contributed by atoms with E-state index in [-0.39, 0.29) is 5.97 Å². The number of likely N-dealkylation sites (tertiary alicyclic amines) is 1. The highest BCUT2D eigenvalue weighted by atomic mass is 35.5. The lowest BCUT2D eigenvalue weighted by Gasteiger charge is -2.27. The number of benzene rings is 1. The van der Waals surface area contributed by atoms with Crippen LogP contribution in [0.5, 0.6) is 0 Å². The molecule has 0 bridgehead atoms. The van der Waals surface area contributed by atoms with Crippen LogP contribution in [0.25, 0.3) is 0 Å². The molecule has 1 aliphatic rings. The van der Waals surface area contributed by atoms with Gasteiger partial charge in [0.2, 0.25) is 0 Å². The Morgan fingerprint density at radius 1 is 1.30 bits per heavy atom. The van der Waals surface area contributed by atoms with Crippen LogP contribution in [-0.4, -0.2) is 30.6 Å². The Morgan fingerprint density at radius 2 is 2.00 bits per heavy atom. The van der Waals surface area contributed by atoms with Crippen LogP contribution in [0.15, 0.2) is 12.1 Å². The SMILES string of the molecule is CCOC(=O)c1cc(C)c(CN2CCCCC2)c(Cl)c1. The summed E-state index contributed by atoms with van der Waals surface area (Å²) in [5, 5.41) is 0.665. The van der Waals surface area contributed by atoms with E-state index in [4.69, 9.17) is 16.3 Å². The van der Waals surface area contributed by atoms with E-state index in [9.17, 15) is 4.79 Å². The van der Waals surface area contributed by atoms with E-state index in [1.165, 1.54) is 19.3 Å². The molecule has 1 fully saturated rings. The van der Waals surface area contributed by atoms with E-state index in [0.717, 1.165) is 30.8 Å². The van der Waals surface area contributed by atoms with Gasteiger partial charge in [0.25, 0.3) is 0 Å². The molecule has 0 spiro atoms. The first-order valence-corrected chi connectivity index (χ1v) is 7.68. The largest absolute Gasteiger partial charge is 0.462 e. The summed E-state index contributed by atoms with van der Waals surface area (Å²) in [4.78, 5) is 14.2. The summed E-state index contributed by atoms with van der Waals surface area (Å²) in [6.07, 6.45) is 3.85. The fourth-order valence-corrected chi connectivity index (χ4v) is 2.97. The van der Waals surface area contributed by atoms with Crippen molar-refractivity contribution in [3.8, 4) is 0 Å². The van der Waals surface area contributed by atoms with Gasteiger partial charge in [-0.2, -0.15) is 0 Å². The number of ether oxygens (including phenoxy) is 1. The Hall–Kier alpha value is -1.06. The lowest BCUT2D eigenvalue weighted by atomic mass is 10.0. The Balaban J connectivity index is 2.15. The molecule has 0 N–H and O–H groups in total. The highest BCUT2D eigenvalue weighted by Crippen LogP contribution is 2.25. The topological polar surface area (TPSA) is 29.5 Å². The number of carbonyl (C=O) groups excluding carboxylic acids is 1. The number of hydrogen-bond donors (Lipinski definition) is 0. The third-order valence-corrected chi connectivity index (χ3v) is 4.10. The number of carbonyl (C=O) groups is 1. The molecular weight excluding hydrogens is 274 g/mol. The van der Waals surface area contributed by atoms with Crippen molar-refractivity contribution in [1.82, 2.24) is 4.90 Å². The highest BCUT2D eigenvalue weighted by Gasteiger charge is 2.16. The molecule has 3 nitrogen and oxygen atoms in total. The van der Waals surface area contributed by atoms with Gasteiger partial charge in [-0.05, 0) is 63.0 Å². The number of rotatable bonds is 4. The zero-order valence-electron chi connectivity index (χ0n) is 12.2. The number of hydrogen-bond acceptors (Lipinski definition) is 3. The van der Waals surface area contributed by atoms with Crippen molar-refractivity contribution in [3.63, 3.8) is 0 Å². The van der Waals surface area contributed by atoms with Gasteiger partial charge in [0.15, 0.2) is 0 Å². The molecule has 0 saturated carbocycles. The molecule has 1 aromatic rings. The second kappa shape index (κ2) is 7.09. The van der Waals surface area contributed by atoms with E-state index in [1.807, 2.05) is 13.0 Å². The van der Waals surface area contributed by atoms with Crippen molar-refractivity contribution < 1.29 is 9.53 Å². The molecule has 0 aromatic heterocycles. The van der Waals surface area contributed by atoms with Crippen LogP contribution in [0.4, 0.5) is 0 Å². The van der Waals surface area contributed by atoms with Gasteiger partial charge in [-0.15, -0.1) is 0 Å². The quantitative estimate of drug-likeness (QED) is 0.791. The van der Waals surface area contributed by atoms with Gasteiger partial charge in [-0.3, -0.25) is 4.90 Å². The maximum Gasteiger partial charge on any atom is 0.338 e. The maximum atomic E-state index is 11.8. The zero-order chi connectivity index (χ0) is 14.5. The Labute approximate surface area is 125 Å². The normalized spacial score (nSPS) is 16.1. The van der Waals surface area contributed by atoms with E-state index in [1.54, 1.807) is 13.0 Å². The van der Waals surface area contributed by atoms with E-state index in [0.29, 0.717) is 17.2 Å². The average molecular weight is 296 g/mol. The lowest BCUT2D eigenvalue weighted by Crippen LogP contribution is -2.29. The minimum absolute atomic E-state index is 0.304. The number of nitrogens with zero attached hydrogens (tertiary/aromatic N) is 1. The van der Waals surface area contributed by atoms with Crippen LogP contribution in [0, 0.1) is 6.92 Å². The smallest absolute Gasteiger partial charge is 0.338 e. The summed E-state index contributed by atoms with van der Waals surface area (Å²) in [5.74, 6) is -0.304. The summed E-state index contributed by atoms with van der Waals surface area (Å²) in [6, 6.07) is 3.61. The summed E-state index contributed by atoms with van der Waals surface area (Å²) < 4.78 is 5.02. The lowest BCUT2D eigenvalue weighted by molar-refractivity contribution is 0.0526. The molecule has 4 heteroatoms. The summed E-state index contributed by atoms with van der Waals surface area (Å²) in [5.41, 5.74) is 2.73. The van der Waals surface area contributed by atoms with Crippen molar-refractivity contribution in [3.05, 3.63) is 33.8 Å². The fraction of sp³-hybridized carbons (Fsp3) is 0.562. The van der Waals surface area contributed by atoms with Crippen molar-refractivity contribution in [2.75, 3.05) is 19.7 Å². The Morgan fingerprint density at radius 3 is 2.60 bits per heavy atom. The number of esters is 1. The predicted molar refractivity (Wildman–Crippen MR) is 81.3 cm³/mol. The second-order valence-corrected chi connectivity index (χ2v) is 5.72. The summed E-state index contributed by atoms with van der Waals surface area (Å²) >= 11 is 6.36. The number of halogens is 1. The Bertz CT molecular complexity index is 458. The first-order chi connectivity index (χ1) is 9.61. The molecule has 110 valence electrons. The van der Waals surface area contributed by atoms with Crippen molar-refractivity contribution in [1.29, 1.82) is 0 Å². The van der Waals surface area contributed by atoms with Gasteiger partial charge in [0.05, 0.1) is 12.2 Å². The van der Waals surface area contributed by atoms with E-state index in [2.05, 4.69) is 4.90 Å². The molecule has 2 rings (SSSR count). The monoisotopic (exact) mass is 295 g/mol. The highest BCUT2D eigenvalue weighted by molar-refractivity contribution is 6.31. The van der Waals surface area contributed by atoms with Gasteiger partial charge < -0.3 is 4.74 Å². The third kappa shape index (κ3) is 3.74. The molecule has 0 aliphatic carbocycles. The van der Waals surface area contributed by atoms with Crippen LogP contribution in [-0.2, 0) is 11.3 Å². The average Bonchev–Trinajstić information content (AvgIpc) is 2.44. The summed E-state index contributed by atoms with van der Waals surface area (Å²) in [6.45, 7) is 7.33. The van der Waals surface area contributed by atoms with Crippen molar-refractivity contribution >= 4 is 17.6 Å². The van der Waals surface area contributed by atoms with Crippen LogP contribution in [0.1, 0.15) is 47.7 Å².